The Bertz CT molecular complexity index is 646. The fourth-order valence-corrected chi connectivity index (χ4v) is 4.07. The normalized spacial score (nSPS) is 20.2. The summed E-state index contributed by atoms with van der Waals surface area (Å²) in [6.45, 7) is 2.03. The highest BCUT2D eigenvalue weighted by Gasteiger charge is 2.35. The molecule has 21 heavy (non-hydrogen) atoms. The number of methoxy groups -OCH3 is 1. The van der Waals surface area contributed by atoms with Crippen LogP contribution in [0.2, 0.25) is 5.02 Å². The molecule has 1 heterocycles. The molecule has 0 amide bonds. The van der Waals surface area contributed by atoms with Gasteiger partial charge in [-0.05, 0) is 24.6 Å². The van der Waals surface area contributed by atoms with E-state index in [-0.39, 0.29) is 29.6 Å². The number of morpholine rings is 1. The highest BCUT2D eigenvalue weighted by Crippen LogP contribution is 2.26. The van der Waals surface area contributed by atoms with Crippen molar-refractivity contribution in [2.75, 3.05) is 26.8 Å². The maximum absolute atomic E-state index is 12.6. The van der Waals surface area contributed by atoms with Gasteiger partial charge in [-0.25, -0.2) is 13.2 Å². The predicted octanol–water partition coefficient (Wildman–Crippen LogP) is 1.21. The van der Waals surface area contributed by atoms with Gasteiger partial charge in [0.15, 0.2) is 6.10 Å². The van der Waals surface area contributed by atoms with Gasteiger partial charge in [0.1, 0.15) is 4.90 Å². The molecule has 1 aliphatic heterocycles. The summed E-state index contributed by atoms with van der Waals surface area (Å²) in [6.07, 6.45) is -0.914. The zero-order valence-corrected chi connectivity index (χ0v) is 13.3. The number of carbonyl (C=O) groups is 1. The maximum Gasteiger partial charge on any atom is 0.336 e. The van der Waals surface area contributed by atoms with Crippen molar-refractivity contribution in [3.63, 3.8) is 0 Å². The smallest absolute Gasteiger partial charge is 0.336 e. The van der Waals surface area contributed by atoms with Crippen LogP contribution in [-0.2, 0) is 24.3 Å². The molecule has 1 fully saturated rings. The molecule has 0 spiro atoms. The summed E-state index contributed by atoms with van der Waals surface area (Å²) in [4.78, 5) is 11.5. The zero-order chi connectivity index (χ0) is 15.6. The number of ether oxygens (including phenoxy) is 2. The van der Waals surface area contributed by atoms with E-state index in [1.54, 1.807) is 12.1 Å². The average Bonchev–Trinajstić information content (AvgIpc) is 2.46. The molecule has 1 saturated heterocycles. The third-order valence-corrected chi connectivity index (χ3v) is 5.55. The third-order valence-electron chi connectivity index (χ3n) is 3.20. The molecule has 2 rings (SSSR count). The summed E-state index contributed by atoms with van der Waals surface area (Å²) in [5.41, 5.74) is 0.869. The number of sulfonamides is 1. The van der Waals surface area contributed by atoms with E-state index in [0.717, 1.165) is 5.56 Å². The van der Waals surface area contributed by atoms with E-state index < -0.39 is 22.1 Å². The molecule has 116 valence electrons. The van der Waals surface area contributed by atoms with E-state index in [1.165, 1.54) is 17.5 Å². The Kier molecular flexibility index (Phi) is 4.88. The van der Waals surface area contributed by atoms with Crippen molar-refractivity contribution >= 4 is 27.6 Å². The van der Waals surface area contributed by atoms with Crippen molar-refractivity contribution in [2.24, 2.45) is 0 Å². The fraction of sp³-hybridized carbons (Fsp3) is 0.462. The highest BCUT2D eigenvalue weighted by atomic mass is 35.5. The van der Waals surface area contributed by atoms with Crippen LogP contribution in [-0.4, -0.2) is 51.6 Å². The second kappa shape index (κ2) is 6.31. The van der Waals surface area contributed by atoms with Gasteiger partial charge < -0.3 is 9.47 Å². The summed E-state index contributed by atoms with van der Waals surface area (Å²) in [6, 6.07) is 4.74. The first-order valence-electron chi connectivity index (χ1n) is 6.32. The average molecular weight is 334 g/mol. The molecule has 1 aromatic carbocycles. The Morgan fingerprint density at radius 1 is 1.48 bits per heavy atom. The number of carbonyl (C=O) groups excluding carboxylic acids is 1. The van der Waals surface area contributed by atoms with Crippen molar-refractivity contribution in [2.45, 2.75) is 17.9 Å². The van der Waals surface area contributed by atoms with Crippen LogP contribution in [0.15, 0.2) is 23.1 Å². The summed E-state index contributed by atoms with van der Waals surface area (Å²) >= 11 is 6.03. The standard InChI is InChI=1S/C13H16ClNO5S/c1-9-3-4-12(10(14)7-9)21(17,18)15-5-6-20-11(8-15)13(16)19-2/h3-4,7,11H,5-6,8H2,1-2H3. The minimum absolute atomic E-state index is 0.0280. The molecular formula is C13H16ClNO5S. The van der Waals surface area contributed by atoms with Gasteiger partial charge in [-0.2, -0.15) is 4.31 Å². The number of hydrogen-bond acceptors (Lipinski definition) is 5. The molecule has 0 aliphatic carbocycles. The molecular weight excluding hydrogens is 318 g/mol. The topological polar surface area (TPSA) is 72.9 Å². The lowest BCUT2D eigenvalue weighted by molar-refractivity contribution is -0.157. The molecule has 0 radical (unpaired) electrons. The first kappa shape index (κ1) is 16.2. The van der Waals surface area contributed by atoms with E-state index in [1.807, 2.05) is 6.92 Å². The Balaban J connectivity index is 2.28. The summed E-state index contributed by atoms with van der Waals surface area (Å²) in [5, 5.41) is 0.163. The van der Waals surface area contributed by atoms with Gasteiger partial charge in [0.05, 0.1) is 25.3 Å². The highest BCUT2D eigenvalue weighted by molar-refractivity contribution is 7.89. The number of nitrogens with zero attached hydrogens (tertiary/aromatic N) is 1. The lowest BCUT2D eigenvalue weighted by Crippen LogP contribution is -2.48. The molecule has 0 aromatic heterocycles. The first-order chi connectivity index (χ1) is 9.86. The quantitative estimate of drug-likeness (QED) is 0.777. The molecule has 1 unspecified atom stereocenters. The molecule has 1 atom stereocenters. The largest absolute Gasteiger partial charge is 0.467 e. The molecule has 1 aromatic rings. The van der Waals surface area contributed by atoms with Crippen LogP contribution >= 0.6 is 11.6 Å². The van der Waals surface area contributed by atoms with Crippen LogP contribution < -0.4 is 0 Å². The van der Waals surface area contributed by atoms with E-state index in [9.17, 15) is 13.2 Å². The van der Waals surface area contributed by atoms with E-state index in [0.29, 0.717) is 0 Å². The maximum atomic E-state index is 12.6. The van der Waals surface area contributed by atoms with Gasteiger partial charge >= 0.3 is 5.97 Å². The Labute approximate surface area is 128 Å². The number of hydrogen-bond donors (Lipinski definition) is 0. The fourth-order valence-electron chi connectivity index (χ4n) is 2.07. The van der Waals surface area contributed by atoms with E-state index in [2.05, 4.69) is 4.74 Å². The van der Waals surface area contributed by atoms with Gasteiger partial charge in [0, 0.05) is 6.54 Å². The summed E-state index contributed by atoms with van der Waals surface area (Å²) in [5.74, 6) is -0.593. The molecule has 6 nitrogen and oxygen atoms in total. The van der Waals surface area contributed by atoms with Crippen molar-refractivity contribution in [3.05, 3.63) is 28.8 Å². The van der Waals surface area contributed by atoms with Gasteiger partial charge in [-0.1, -0.05) is 17.7 Å². The van der Waals surface area contributed by atoms with Crippen LogP contribution in [0.5, 0.6) is 0 Å². The van der Waals surface area contributed by atoms with Gasteiger partial charge in [-0.3, -0.25) is 0 Å². The number of halogens is 1. The van der Waals surface area contributed by atoms with Crippen LogP contribution in [0.25, 0.3) is 0 Å². The van der Waals surface area contributed by atoms with Gasteiger partial charge in [0.2, 0.25) is 10.0 Å². The number of aryl methyl sites for hydroxylation is 1. The second-order valence-corrected chi connectivity index (χ2v) is 6.99. The Morgan fingerprint density at radius 2 is 2.19 bits per heavy atom. The lowest BCUT2D eigenvalue weighted by atomic mass is 10.2. The Morgan fingerprint density at radius 3 is 2.81 bits per heavy atom. The predicted molar refractivity (Wildman–Crippen MR) is 76.7 cm³/mol. The van der Waals surface area contributed by atoms with E-state index >= 15 is 0 Å². The zero-order valence-electron chi connectivity index (χ0n) is 11.7. The van der Waals surface area contributed by atoms with Crippen molar-refractivity contribution in [1.29, 1.82) is 0 Å². The van der Waals surface area contributed by atoms with Crippen LogP contribution in [0.3, 0.4) is 0 Å². The third kappa shape index (κ3) is 3.37. The monoisotopic (exact) mass is 333 g/mol. The molecule has 0 bridgehead atoms. The van der Waals surface area contributed by atoms with E-state index in [4.69, 9.17) is 16.3 Å². The van der Waals surface area contributed by atoms with Crippen molar-refractivity contribution in [1.82, 2.24) is 4.31 Å². The summed E-state index contributed by atoms with van der Waals surface area (Å²) in [7, 11) is -2.54. The molecule has 0 N–H and O–H groups in total. The molecule has 8 heteroatoms. The van der Waals surface area contributed by atoms with Gasteiger partial charge in [0.25, 0.3) is 0 Å². The van der Waals surface area contributed by atoms with Crippen molar-refractivity contribution < 1.29 is 22.7 Å². The second-order valence-electron chi connectivity index (χ2n) is 4.68. The summed E-state index contributed by atoms with van der Waals surface area (Å²) < 4.78 is 36.2. The SMILES string of the molecule is COC(=O)C1CN(S(=O)(=O)c2ccc(C)cc2Cl)CCO1. The minimum atomic E-state index is -3.77. The number of rotatable bonds is 3. The number of esters is 1. The van der Waals surface area contributed by atoms with Gasteiger partial charge in [-0.15, -0.1) is 0 Å². The van der Waals surface area contributed by atoms with Crippen LogP contribution in [0.4, 0.5) is 0 Å². The first-order valence-corrected chi connectivity index (χ1v) is 8.14. The van der Waals surface area contributed by atoms with Crippen molar-refractivity contribution in [3.8, 4) is 0 Å². The lowest BCUT2D eigenvalue weighted by Gasteiger charge is -2.30. The Hall–Kier alpha value is -1.15. The minimum Gasteiger partial charge on any atom is -0.467 e. The van der Waals surface area contributed by atoms with Crippen LogP contribution in [0, 0.1) is 6.92 Å². The molecule has 1 aliphatic rings. The molecule has 0 saturated carbocycles. The number of benzene rings is 1. The van der Waals surface area contributed by atoms with Crippen LogP contribution in [0.1, 0.15) is 5.56 Å².